The molecule has 136 valence electrons. The summed E-state index contributed by atoms with van der Waals surface area (Å²) in [7, 11) is -0.682. The summed E-state index contributed by atoms with van der Waals surface area (Å²) in [4.78, 5) is 0.0382. The second kappa shape index (κ2) is 7.36. The lowest BCUT2D eigenvalue weighted by molar-refractivity contribution is 0.361. The first kappa shape index (κ1) is 18.2. The molecule has 1 aliphatic heterocycles. The third-order valence-electron chi connectivity index (χ3n) is 4.59. The molecule has 7 heteroatoms. The molecule has 3 rings (SSSR count). The molecule has 1 fully saturated rings. The first-order valence-electron chi connectivity index (χ1n) is 8.26. The van der Waals surface area contributed by atoms with Crippen molar-refractivity contribution in [2.45, 2.75) is 23.8 Å². The molecular weight excluding hydrogens is 352 g/mol. The Hall–Kier alpha value is -2.56. The van der Waals surface area contributed by atoms with Crippen molar-refractivity contribution in [2.75, 3.05) is 20.8 Å². The van der Waals surface area contributed by atoms with E-state index in [1.165, 1.54) is 16.4 Å². The van der Waals surface area contributed by atoms with E-state index in [0.29, 0.717) is 24.5 Å². The minimum Gasteiger partial charge on any atom is -0.497 e. The van der Waals surface area contributed by atoms with E-state index in [1.54, 1.807) is 38.5 Å². The van der Waals surface area contributed by atoms with Crippen molar-refractivity contribution in [3.8, 4) is 17.6 Å². The second-order valence-corrected chi connectivity index (χ2v) is 7.85. The Labute approximate surface area is 153 Å². The van der Waals surface area contributed by atoms with Crippen LogP contribution in [-0.2, 0) is 10.0 Å². The molecule has 2 aromatic carbocycles. The van der Waals surface area contributed by atoms with Crippen molar-refractivity contribution in [1.29, 1.82) is 5.26 Å². The fraction of sp³-hybridized carbons (Fsp3) is 0.316. The highest BCUT2D eigenvalue weighted by Crippen LogP contribution is 2.41. The molecule has 1 atom stereocenters. The van der Waals surface area contributed by atoms with Crippen LogP contribution in [0.15, 0.2) is 47.4 Å². The van der Waals surface area contributed by atoms with Gasteiger partial charge in [-0.3, -0.25) is 0 Å². The van der Waals surface area contributed by atoms with Gasteiger partial charge in [0, 0.05) is 12.1 Å². The molecule has 0 radical (unpaired) electrons. The first-order valence-corrected chi connectivity index (χ1v) is 9.70. The number of hydrogen-bond donors (Lipinski definition) is 0. The minimum absolute atomic E-state index is 0.0382. The predicted molar refractivity (Wildman–Crippen MR) is 96.6 cm³/mol. The number of methoxy groups -OCH3 is 2. The Kier molecular flexibility index (Phi) is 5.16. The quantitative estimate of drug-likeness (QED) is 0.806. The number of sulfonamides is 1. The van der Waals surface area contributed by atoms with Gasteiger partial charge in [0.1, 0.15) is 17.6 Å². The number of hydrogen-bond acceptors (Lipinski definition) is 5. The van der Waals surface area contributed by atoms with Gasteiger partial charge in [-0.05, 0) is 43.2 Å². The van der Waals surface area contributed by atoms with Gasteiger partial charge >= 0.3 is 0 Å². The highest BCUT2D eigenvalue weighted by atomic mass is 32.2. The maximum absolute atomic E-state index is 13.3. The van der Waals surface area contributed by atoms with Crippen molar-refractivity contribution >= 4 is 10.0 Å². The third kappa shape index (κ3) is 3.14. The van der Waals surface area contributed by atoms with Crippen molar-refractivity contribution in [2.24, 2.45) is 0 Å². The fourth-order valence-corrected chi connectivity index (χ4v) is 5.17. The van der Waals surface area contributed by atoms with Crippen molar-refractivity contribution in [3.63, 3.8) is 0 Å². The molecule has 0 aliphatic carbocycles. The van der Waals surface area contributed by atoms with Crippen molar-refractivity contribution in [1.82, 2.24) is 4.31 Å². The van der Waals surface area contributed by atoms with Gasteiger partial charge in [0.2, 0.25) is 10.0 Å². The van der Waals surface area contributed by atoms with Crippen LogP contribution < -0.4 is 9.47 Å². The number of rotatable bonds is 5. The molecule has 0 unspecified atom stereocenters. The summed E-state index contributed by atoms with van der Waals surface area (Å²) in [5.41, 5.74) is 0.915. The molecule has 0 aromatic heterocycles. The molecule has 6 nitrogen and oxygen atoms in total. The Bertz CT molecular complexity index is 950. The Morgan fingerprint density at radius 1 is 1.15 bits per heavy atom. The van der Waals surface area contributed by atoms with Crippen LogP contribution in [-0.4, -0.2) is 33.5 Å². The molecule has 1 saturated heterocycles. The van der Waals surface area contributed by atoms with Gasteiger partial charge in [0.15, 0.2) is 0 Å². The van der Waals surface area contributed by atoms with Gasteiger partial charge in [-0.2, -0.15) is 9.57 Å². The summed E-state index contributed by atoms with van der Waals surface area (Å²) < 4.78 is 38.7. The van der Waals surface area contributed by atoms with Crippen LogP contribution in [0.3, 0.4) is 0 Å². The highest BCUT2D eigenvalue weighted by molar-refractivity contribution is 7.89. The van der Waals surface area contributed by atoms with Gasteiger partial charge in [-0.15, -0.1) is 0 Å². The van der Waals surface area contributed by atoms with Crippen LogP contribution in [0.4, 0.5) is 0 Å². The standard InChI is InChI=1S/C19H20N2O4S/c1-24-15-9-10-18(25-2)16(12-15)17-7-5-11-21(17)26(22,23)19-8-4-3-6-14(19)13-20/h3-4,6,8-10,12,17H,5,7,11H2,1-2H3/t17-/m0/s1. The Balaban J connectivity index is 2.08. The predicted octanol–water partition coefficient (Wildman–Crippen LogP) is 3.10. The lowest BCUT2D eigenvalue weighted by Gasteiger charge is -2.26. The summed E-state index contributed by atoms with van der Waals surface area (Å²) in [6.45, 7) is 0.396. The zero-order valence-electron chi connectivity index (χ0n) is 14.7. The average molecular weight is 372 g/mol. The van der Waals surface area contributed by atoms with Crippen LogP contribution >= 0.6 is 0 Å². The topological polar surface area (TPSA) is 79.6 Å². The Morgan fingerprint density at radius 2 is 1.92 bits per heavy atom. The molecule has 0 spiro atoms. The SMILES string of the molecule is COc1ccc(OC)c([C@@H]2CCCN2S(=O)(=O)c2ccccc2C#N)c1. The maximum Gasteiger partial charge on any atom is 0.244 e. The van der Waals surface area contributed by atoms with E-state index < -0.39 is 10.0 Å². The largest absolute Gasteiger partial charge is 0.497 e. The van der Waals surface area contributed by atoms with E-state index in [2.05, 4.69) is 0 Å². The van der Waals surface area contributed by atoms with Crippen LogP contribution in [0.25, 0.3) is 0 Å². The van der Waals surface area contributed by atoms with Gasteiger partial charge in [0.25, 0.3) is 0 Å². The van der Waals surface area contributed by atoms with E-state index in [9.17, 15) is 13.7 Å². The smallest absolute Gasteiger partial charge is 0.244 e. The maximum atomic E-state index is 13.3. The summed E-state index contributed by atoms with van der Waals surface area (Å²) in [5, 5.41) is 9.29. The molecule has 0 N–H and O–H groups in total. The molecule has 0 saturated carbocycles. The van der Waals surface area contributed by atoms with E-state index in [-0.39, 0.29) is 16.5 Å². The van der Waals surface area contributed by atoms with E-state index >= 15 is 0 Å². The summed E-state index contributed by atoms with van der Waals surface area (Å²) in [6.07, 6.45) is 1.41. The van der Waals surface area contributed by atoms with Crippen LogP contribution in [0, 0.1) is 11.3 Å². The molecule has 0 bridgehead atoms. The zero-order chi connectivity index (χ0) is 18.7. The average Bonchev–Trinajstić information content (AvgIpc) is 3.18. The highest BCUT2D eigenvalue weighted by Gasteiger charge is 2.38. The first-order chi connectivity index (χ1) is 12.5. The lowest BCUT2D eigenvalue weighted by Crippen LogP contribution is -2.31. The van der Waals surface area contributed by atoms with E-state index in [1.807, 2.05) is 12.1 Å². The lowest BCUT2D eigenvalue weighted by atomic mass is 10.0. The van der Waals surface area contributed by atoms with Gasteiger partial charge in [-0.25, -0.2) is 8.42 Å². The molecule has 0 amide bonds. The van der Waals surface area contributed by atoms with E-state index in [0.717, 1.165) is 12.0 Å². The third-order valence-corrected chi connectivity index (χ3v) is 6.56. The number of nitriles is 1. The minimum atomic E-state index is -3.81. The summed E-state index contributed by atoms with van der Waals surface area (Å²) >= 11 is 0. The van der Waals surface area contributed by atoms with E-state index in [4.69, 9.17) is 9.47 Å². The molecular formula is C19H20N2O4S. The number of benzene rings is 2. The van der Waals surface area contributed by atoms with Crippen molar-refractivity contribution < 1.29 is 17.9 Å². The van der Waals surface area contributed by atoms with Crippen LogP contribution in [0.1, 0.15) is 30.0 Å². The fourth-order valence-electron chi connectivity index (χ4n) is 3.35. The second-order valence-electron chi connectivity index (χ2n) is 5.99. The Morgan fingerprint density at radius 3 is 2.62 bits per heavy atom. The molecule has 1 aliphatic rings. The van der Waals surface area contributed by atoms with Gasteiger partial charge in [-0.1, -0.05) is 12.1 Å². The van der Waals surface area contributed by atoms with Crippen molar-refractivity contribution in [3.05, 3.63) is 53.6 Å². The van der Waals surface area contributed by atoms with Crippen LogP contribution in [0.2, 0.25) is 0 Å². The normalized spacial score (nSPS) is 17.7. The monoisotopic (exact) mass is 372 g/mol. The zero-order valence-corrected chi connectivity index (χ0v) is 15.5. The van der Waals surface area contributed by atoms with Crippen LogP contribution in [0.5, 0.6) is 11.5 Å². The van der Waals surface area contributed by atoms with Gasteiger partial charge in [0.05, 0.1) is 30.7 Å². The molecule has 2 aromatic rings. The van der Waals surface area contributed by atoms with Gasteiger partial charge < -0.3 is 9.47 Å². The molecule has 26 heavy (non-hydrogen) atoms. The number of ether oxygens (including phenoxy) is 2. The molecule has 1 heterocycles. The summed E-state index contributed by atoms with van der Waals surface area (Å²) in [6, 6.07) is 13.3. The number of nitrogens with zero attached hydrogens (tertiary/aromatic N) is 2. The summed E-state index contributed by atoms with van der Waals surface area (Å²) in [5.74, 6) is 1.26.